The number of anilines is 2. The van der Waals surface area contributed by atoms with E-state index in [0.29, 0.717) is 5.02 Å². The zero-order valence-corrected chi connectivity index (χ0v) is 14.6. The normalized spacial score (nSPS) is 10.4. The van der Waals surface area contributed by atoms with Crippen LogP contribution in [0.15, 0.2) is 24.5 Å². The van der Waals surface area contributed by atoms with Crippen molar-refractivity contribution >= 4 is 46.4 Å². The SMILES string of the molecule is CN(C)Nc1ncnc(NNC(=O)c2ccc(Cl)cc2Cl)c1[N+](=O)[O-]. The maximum Gasteiger partial charge on any atom is 0.356 e. The van der Waals surface area contributed by atoms with Crippen molar-refractivity contribution in [1.29, 1.82) is 0 Å². The Labute approximate surface area is 152 Å². The van der Waals surface area contributed by atoms with Crippen LogP contribution in [0.2, 0.25) is 10.0 Å². The Morgan fingerprint density at radius 3 is 2.52 bits per heavy atom. The van der Waals surface area contributed by atoms with Crippen LogP contribution >= 0.6 is 23.2 Å². The number of hydrazine groups is 2. The molecular weight excluding hydrogens is 373 g/mol. The van der Waals surface area contributed by atoms with E-state index in [9.17, 15) is 14.9 Å². The third-order valence-corrected chi connectivity index (χ3v) is 3.35. The van der Waals surface area contributed by atoms with E-state index in [-0.39, 0.29) is 22.2 Å². The van der Waals surface area contributed by atoms with E-state index < -0.39 is 16.5 Å². The average Bonchev–Trinajstić information content (AvgIpc) is 2.51. The maximum absolute atomic E-state index is 12.2. The second-order valence-corrected chi connectivity index (χ2v) is 5.73. The summed E-state index contributed by atoms with van der Waals surface area (Å²) in [5, 5.41) is 13.3. The highest BCUT2D eigenvalue weighted by molar-refractivity contribution is 6.36. The number of benzene rings is 1. The summed E-state index contributed by atoms with van der Waals surface area (Å²) in [6.45, 7) is 0. The molecule has 1 aromatic carbocycles. The first-order valence-electron chi connectivity index (χ1n) is 6.74. The summed E-state index contributed by atoms with van der Waals surface area (Å²) in [7, 11) is 3.28. The minimum absolute atomic E-state index is 0.0359. The van der Waals surface area contributed by atoms with Crippen LogP contribution in [0.4, 0.5) is 17.3 Å². The minimum Gasteiger partial charge on any atom is -0.298 e. The van der Waals surface area contributed by atoms with Crippen LogP contribution in [0.5, 0.6) is 0 Å². The van der Waals surface area contributed by atoms with Gasteiger partial charge in [0.05, 0.1) is 15.5 Å². The van der Waals surface area contributed by atoms with Gasteiger partial charge in [-0.1, -0.05) is 23.2 Å². The first kappa shape index (κ1) is 18.6. The van der Waals surface area contributed by atoms with Crippen molar-refractivity contribution in [1.82, 2.24) is 20.4 Å². The smallest absolute Gasteiger partial charge is 0.298 e. The summed E-state index contributed by atoms with van der Waals surface area (Å²) >= 11 is 11.7. The largest absolute Gasteiger partial charge is 0.356 e. The number of amides is 1. The van der Waals surface area contributed by atoms with Gasteiger partial charge in [0.1, 0.15) is 6.33 Å². The van der Waals surface area contributed by atoms with Gasteiger partial charge >= 0.3 is 5.69 Å². The highest BCUT2D eigenvalue weighted by Gasteiger charge is 2.24. The molecule has 0 atom stereocenters. The molecule has 132 valence electrons. The molecule has 12 heteroatoms. The molecule has 1 heterocycles. The molecule has 0 aliphatic carbocycles. The van der Waals surface area contributed by atoms with Crippen molar-refractivity contribution in [3.63, 3.8) is 0 Å². The van der Waals surface area contributed by atoms with E-state index in [0.717, 1.165) is 6.33 Å². The molecule has 0 radical (unpaired) electrons. The number of aromatic nitrogens is 2. The fraction of sp³-hybridized carbons (Fsp3) is 0.154. The third-order valence-electron chi connectivity index (χ3n) is 2.80. The molecule has 25 heavy (non-hydrogen) atoms. The summed E-state index contributed by atoms with van der Waals surface area (Å²) in [5.74, 6) is -0.842. The summed E-state index contributed by atoms with van der Waals surface area (Å²) in [6.07, 6.45) is 1.11. The van der Waals surface area contributed by atoms with Crippen molar-refractivity contribution in [2.24, 2.45) is 0 Å². The lowest BCUT2D eigenvalue weighted by molar-refractivity contribution is -0.383. The third kappa shape index (κ3) is 4.66. The van der Waals surface area contributed by atoms with Gasteiger partial charge in [0, 0.05) is 19.1 Å². The molecule has 0 spiro atoms. The molecule has 2 rings (SSSR count). The van der Waals surface area contributed by atoms with Crippen LogP contribution in [0.25, 0.3) is 0 Å². The predicted octanol–water partition coefficient (Wildman–Crippen LogP) is 2.34. The summed E-state index contributed by atoms with van der Waals surface area (Å²) in [6, 6.07) is 4.33. The second kappa shape index (κ2) is 7.92. The Morgan fingerprint density at radius 2 is 1.92 bits per heavy atom. The van der Waals surface area contributed by atoms with E-state index in [1.54, 1.807) is 14.1 Å². The van der Waals surface area contributed by atoms with Crippen LogP contribution in [0.3, 0.4) is 0 Å². The quantitative estimate of drug-likeness (QED) is 0.510. The van der Waals surface area contributed by atoms with Crippen LogP contribution < -0.4 is 16.3 Å². The van der Waals surface area contributed by atoms with E-state index in [4.69, 9.17) is 23.2 Å². The molecule has 3 N–H and O–H groups in total. The van der Waals surface area contributed by atoms with E-state index >= 15 is 0 Å². The van der Waals surface area contributed by atoms with Gasteiger partial charge in [0.15, 0.2) is 0 Å². The number of carbonyl (C=O) groups is 1. The number of halogens is 2. The standard InChI is InChI=1S/C13H13Cl2N7O3/c1-21(2)20-12-10(22(24)25)11(16-6-17-12)18-19-13(23)8-4-3-7(14)5-9(8)15/h3-6H,1-2H3,(H,19,23)(H2,16,17,18,20). The number of nitro groups is 1. The molecule has 0 saturated carbocycles. The van der Waals surface area contributed by atoms with Crippen LogP contribution in [-0.2, 0) is 0 Å². The van der Waals surface area contributed by atoms with Crippen molar-refractivity contribution < 1.29 is 9.72 Å². The Hall–Kier alpha value is -2.69. The monoisotopic (exact) mass is 385 g/mol. The Kier molecular flexibility index (Phi) is 5.91. The summed E-state index contributed by atoms with van der Waals surface area (Å²) < 4.78 is 0. The number of nitrogens with zero attached hydrogens (tertiary/aromatic N) is 4. The average molecular weight is 386 g/mol. The fourth-order valence-electron chi connectivity index (χ4n) is 1.79. The van der Waals surface area contributed by atoms with E-state index in [1.807, 2.05) is 0 Å². The molecule has 0 bridgehead atoms. The van der Waals surface area contributed by atoms with Crippen LogP contribution in [0, 0.1) is 10.1 Å². The second-order valence-electron chi connectivity index (χ2n) is 4.89. The molecule has 0 saturated heterocycles. The Balaban J connectivity index is 2.22. The minimum atomic E-state index is -0.671. The Morgan fingerprint density at radius 1 is 1.24 bits per heavy atom. The lowest BCUT2D eigenvalue weighted by Crippen LogP contribution is -2.31. The van der Waals surface area contributed by atoms with Crippen molar-refractivity contribution in [3.8, 4) is 0 Å². The lowest BCUT2D eigenvalue weighted by atomic mass is 10.2. The lowest BCUT2D eigenvalue weighted by Gasteiger charge is -2.14. The zero-order chi connectivity index (χ0) is 18.6. The summed E-state index contributed by atoms with van der Waals surface area (Å²) in [5.41, 5.74) is 7.10. The molecule has 0 fully saturated rings. The number of hydrogen-bond donors (Lipinski definition) is 3. The molecule has 10 nitrogen and oxygen atoms in total. The molecular formula is C13H13Cl2N7O3. The zero-order valence-electron chi connectivity index (χ0n) is 13.1. The molecule has 2 aromatic rings. The number of carbonyl (C=O) groups excluding carboxylic acids is 1. The highest BCUT2D eigenvalue weighted by Crippen LogP contribution is 2.28. The molecule has 0 unspecified atom stereocenters. The number of nitrogens with one attached hydrogen (secondary N) is 3. The topological polar surface area (TPSA) is 125 Å². The molecule has 1 aromatic heterocycles. The first-order valence-corrected chi connectivity index (χ1v) is 7.50. The van der Waals surface area contributed by atoms with E-state index in [2.05, 4.69) is 26.2 Å². The van der Waals surface area contributed by atoms with Gasteiger partial charge in [-0.25, -0.2) is 15.0 Å². The van der Waals surface area contributed by atoms with Crippen LogP contribution in [-0.4, -0.2) is 39.9 Å². The van der Waals surface area contributed by atoms with Gasteiger partial charge in [0.25, 0.3) is 5.91 Å². The van der Waals surface area contributed by atoms with Crippen molar-refractivity contribution in [2.75, 3.05) is 24.9 Å². The van der Waals surface area contributed by atoms with Gasteiger partial charge in [-0.2, -0.15) is 0 Å². The van der Waals surface area contributed by atoms with Gasteiger partial charge < -0.3 is 0 Å². The van der Waals surface area contributed by atoms with Gasteiger partial charge in [0.2, 0.25) is 11.6 Å². The van der Waals surface area contributed by atoms with Gasteiger partial charge in [-0.3, -0.25) is 31.2 Å². The van der Waals surface area contributed by atoms with Gasteiger partial charge in [-0.05, 0) is 18.2 Å². The highest BCUT2D eigenvalue weighted by atomic mass is 35.5. The summed E-state index contributed by atoms with van der Waals surface area (Å²) in [4.78, 5) is 30.4. The fourth-order valence-corrected chi connectivity index (χ4v) is 2.29. The number of hydrogen-bond acceptors (Lipinski definition) is 8. The van der Waals surface area contributed by atoms with E-state index in [1.165, 1.54) is 23.2 Å². The molecule has 0 aliphatic heterocycles. The van der Waals surface area contributed by atoms with Crippen LogP contribution in [0.1, 0.15) is 10.4 Å². The maximum atomic E-state index is 12.2. The molecule has 0 aliphatic rings. The molecule has 1 amide bonds. The van der Waals surface area contributed by atoms with Crippen molar-refractivity contribution in [2.45, 2.75) is 0 Å². The van der Waals surface area contributed by atoms with Crippen molar-refractivity contribution in [3.05, 3.63) is 50.2 Å². The first-order chi connectivity index (χ1) is 11.8. The predicted molar refractivity (Wildman–Crippen MR) is 93.5 cm³/mol. The Bertz CT molecular complexity index is 816. The van der Waals surface area contributed by atoms with Gasteiger partial charge in [-0.15, -0.1) is 0 Å². The number of rotatable bonds is 6.